The summed E-state index contributed by atoms with van der Waals surface area (Å²) in [7, 11) is 0. The van der Waals surface area contributed by atoms with E-state index in [-0.39, 0.29) is 12.2 Å². The molecule has 11 heavy (non-hydrogen) atoms. The van der Waals surface area contributed by atoms with Gasteiger partial charge in [-0.25, -0.2) is 0 Å². The molecule has 0 amide bonds. The zero-order valence-electron chi connectivity index (χ0n) is 6.36. The molecule has 2 aliphatic rings. The van der Waals surface area contributed by atoms with E-state index in [0.717, 1.165) is 19.1 Å². The molecule has 3 heteroatoms. The second kappa shape index (κ2) is 2.91. The van der Waals surface area contributed by atoms with Crippen molar-refractivity contribution in [2.75, 3.05) is 0 Å². The van der Waals surface area contributed by atoms with Gasteiger partial charge in [0.1, 0.15) is 0 Å². The molecule has 3 nitrogen and oxygen atoms in total. The highest BCUT2D eigenvalue weighted by Gasteiger charge is 2.37. The summed E-state index contributed by atoms with van der Waals surface area (Å²) < 4.78 is 10.6. The molecule has 1 aliphatic heterocycles. The summed E-state index contributed by atoms with van der Waals surface area (Å²) in [5.74, 6) is 0. The Balaban J connectivity index is 1.97. The molecule has 2 unspecified atom stereocenters. The van der Waals surface area contributed by atoms with Crippen LogP contribution in [0.15, 0.2) is 0 Å². The maximum absolute atomic E-state index is 10.3. The van der Waals surface area contributed by atoms with Crippen molar-refractivity contribution in [3.8, 4) is 0 Å². The smallest absolute Gasteiger partial charge is 0.215 e. The predicted molar refractivity (Wildman–Crippen MR) is 38.1 cm³/mol. The first kappa shape index (κ1) is 7.25. The molecule has 1 saturated carbocycles. The van der Waals surface area contributed by atoms with E-state index in [4.69, 9.17) is 9.47 Å². The largest absolute Gasteiger partial charge is 0.340 e. The summed E-state index contributed by atoms with van der Waals surface area (Å²) >= 11 is 0. The van der Waals surface area contributed by atoms with Gasteiger partial charge in [-0.05, 0) is 12.8 Å². The standard InChI is InChI=1S/C8H12O3/c9-5-8-10-6-3-1-2-4-7(6)11-8/h5-8H,1-4H2. The number of aldehydes is 1. The molecule has 0 N–H and O–H groups in total. The molecule has 1 aliphatic carbocycles. The van der Waals surface area contributed by atoms with Crippen LogP contribution in [0, 0.1) is 0 Å². The first-order valence-corrected chi connectivity index (χ1v) is 4.16. The molecule has 0 bridgehead atoms. The Bertz CT molecular complexity index is 143. The van der Waals surface area contributed by atoms with Crippen LogP contribution in [-0.4, -0.2) is 24.8 Å². The molecule has 0 spiro atoms. The van der Waals surface area contributed by atoms with E-state index >= 15 is 0 Å². The summed E-state index contributed by atoms with van der Waals surface area (Å²) in [6.45, 7) is 0. The normalized spacial score (nSPS) is 43.5. The second-order valence-corrected chi connectivity index (χ2v) is 3.14. The quantitative estimate of drug-likeness (QED) is 0.528. The monoisotopic (exact) mass is 156 g/mol. The van der Waals surface area contributed by atoms with Crippen molar-refractivity contribution in [3.63, 3.8) is 0 Å². The summed E-state index contributed by atoms with van der Waals surface area (Å²) in [5, 5.41) is 0. The number of fused-ring (bicyclic) bond motifs is 1. The fourth-order valence-corrected chi connectivity index (χ4v) is 1.81. The third-order valence-corrected chi connectivity index (χ3v) is 2.37. The first-order valence-electron chi connectivity index (χ1n) is 4.16. The number of carbonyl (C=O) groups excluding carboxylic acids is 1. The molecule has 2 rings (SSSR count). The molecule has 1 heterocycles. The highest BCUT2D eigenvalue weighted by Crippen LogP contribution is 2.30. The maximum atomic E-state index is 10.3. The summed E-state index contributed by atoms with van der Waals surface area (Å²) in [4.78, 5) is 10.3. The average molecular weight is 156 g/mol. The number of rotatable bonds is 1. The van der Waals surface area contributed by atoms with E-state index in [9.17, 15) is 4.79 Å². The van der Waals surface area contributed by atoms with E-state index < -0.39 is 6.29 Å². The van der Waals surface area contributed by atoms with Gasteiger partial charge in [0.15, 0.2) is 6.29 Å². The molecule has 62 valence electrons. The second-order valence-electron chi connectivity index (χ2n) is 3.14. The van der Waals surface area contributed by atoms with Gasteiger partial charge < -0.3 is 9.47 Å². The predicted octanol–water partition coefficient (Wildman–Crippen LogP) is 0.869. The van der Waals surface area contributed by atoms with Crippen LogP contribution < -0.4 is 0 Å². The Hall–Kier alpha value is -0.410. The van der Waals surface area contributed by atoms with Crippen LogP contribution in [0.4, 0.5) is 0 Å². The van der Waals surface area contributed by atoms with Gasteiger partial charge in [0.05, 0.1) is 12.2 Å². The minimum atomic E-state index is -0.580. The highest BCUT2D eigenvalue weighted by atomic mass is 16.7. The topological polar surface area (TPSA) is 35.5 Å². The fourth-order valence-electron chi connectivity index (χ4n) is 1.81. The molecule has 0 aromatic rings. The SMILES string of the molecule is O=CC1OC2CCCCC2O1. The van der Waals surface area contributed by atoms with Crippen LogP contribution in [0.25, 0.3) is 0 Å². The average Bonchev–Trinajstić information content (AvgIpc) is 2.46. The lowest BCUT2D eigenvalue weighted by Gasteiger charge is -2.21. The van der Waals surface area contributed by atoms with Crippen LogP contribution >= 0.6 is 0 Å². The lowest BCUT2D eigenvalue weighted by atomic mass is 9.95. The van der Waals surface area contributed by atoms with Gasteiger partial charge in [-0.3, -0.25) is 4.79 Å². The molecule has 0 aromatic carbocycles. The van der Waals surface area contributed by atoms with E-state index in [1.54, 1.807) is 0 Å². The zero-order valence-corrected chi connectivity index (χ0v) is 6.36. The fraction of sp³-hybridized carbons (Fsp3) is 0.875. The van der Waals surface area contributed by atoms with Crippen molar-refractivity contribution < 1.29 is 14.3 Å². The Morgan fingerprint density at radius 2 is 1.64 bits per heavy atom. The third kappa shape index (κ3) is 1.30. The summed E-state index contributed by atoms with van der Waals surface area (Å²) in [6, 6.07) is 0. The summed E-state index contributed by atoms with van der Waals surface area (Å²) in [5.41, 5.74) is 0. The van der Waals surface area contributed by atoms with Crippen molar-refractivity contribution in [3.05, 3.63) is 0 Å². The van der Waals surface area contributed by atoms with Gasteiger partial charge in [-0.1, -0.05) is 12.8 Å². The molecule has 2 atom stereocenters. The van der Waals surface area contributed by atoms with Crippen molar-refractivity contribution in [1.29, 1.82) is 0 Å². The van der Waals surface area contributed by atoms with Crippen LogP contribution in [0.1, 0.15) is 25.7 Å². The van der Waals surface area contributed by atoms with E-state index in [0.29, 0.717) is 0 Å². The van der Waals surface area contributed by atoms with Crippen molar-refractivity contribution in [2.45, 2.75) is 44.2 Å². The Morgan fingerprint density at radius 3 is 2.09 bits per heavy atom. The molecule has 1 saturated heterocycles. The lowest BCUT2D eigenvalue weighted by Crippen LogP contribution is -2.25. The van der Waals surface area contributed by atoms with Crippen LogP contribution in [-0.2, 0) is 14.3 Å². The number of carbonyl (C=O) groups is 1. The minimum Gasteiger partial charge on any atom is -0.340 e. The highest BCUT2D eigenvalue weighted by molar-refractivity contribution is 5.54. The van der Waals surface area contributed by atoms with Crippen LogP contribution in [0.5, 0.6) is 0 Å². The van der Waals surface area contributed by atoms with Crippen molar-refractivity contribution >= 4 is 6.29 Å². The zero-order chi connectivity index (χ0) is 7.68. The van der Waals surface area contributed by atoms with Gasteiger partial charge in [-0.15, -0.1) is 0 Å². The Labute approximate surface area is 65.7 Å². The molecule has 0 radical (unpaired) electrons. The summed E-state index contributed by atoms with van der Waals surface area (Å²) in [6.07, 6.45) is 5.05. The Kier molecular flexibility index (Phi) is 1.92. The van der Waals surface area contributed by atoms with Gasteiger partial charge in [0.25, 0.3) is 0 Å². The van der Waals surface area contributed by atoms with E-state index in [2.05, 4.69) is 0 Å². The lowest BCUT2D eigenvalue weighted by molar-refractivity contribution is -0.134. The maximum Gasteiger partial charge on any atom is 0.215 e. The number of hydrogen-bond acceptors (Lipinski definition) is 3. The Morgan fingerprint density at radius 1 is 1.09 bits per heavy atom. The van der Waals surface area contributed by atoms with Crippen molar-refractivity contribution in [2.24, 2.45) is 0 Å². The first-order chi connectivity index (χ1) is 5.40. The van der Waals surface area contributed by atoms with Crippen LogP contribution in [0.2, 0.25) is 0 Å². The molecular formula is C8H12O3. The van der Waals surface area contributed by atoms with Gasteiger partial charge in [-0.2, -0.15) is 0 Å². The minimum absolute atomic E-state index is 0.193. The van der Waals surface area contributed by atoms with E-state index in [1.807, 2.05) is 0 Å². The van der Waals surface area contributed by atoms with Crippen molar-refractivity contribution in [1.82, 2.24) is 0 Å². The third-order valence-electron chi connectivity index (χ3n) is 2.37. The van der Waals surface area contributed by atoms with Gasteiger partial charge in [0.2, 0.25) is 6.29 Å². The number of hydrogen-bond donors (Lipinski definition) is 0. The molecular weight excluding hydrogens is 144 g/mol. The molecule has 0 aromatic heterocycles. The number of ether oxygens (including phenoxy) is 2. The van der Waals surface area contributed by atoms with Crippen LogP contribution in [0.3, 0.4) is 0 Å². The van der Waals surface area contributed by atoms with E-state index in [1.165, 1.54) is 12.8 Å². The molecule has 2 fully saturated rings. The van der Waals surface area contributed by atoms with Gasteiger partial charge in [0, 0.05) is 0 Å². The van der Waals surface area contributed by atoms with Gasteiger partial charge >= 0.3 is 0 Å².